The summed E-state index contributed by atoms with van der Waals surface area (Å²) in [7, 11) is 0. The lowest BCUT2D eigenvalue weighted by atomic mass is 10.2. The third-order valence-electron chi connectivity index (χ3n) is 3.17. The Labute approximate surface area is 124 Å². The van der Waals surface area contributed by atoms with Crippen LogP contribution < -0.4 is 5.73 Å². The molecule has 0 bridgehead atoms. The van der Waals surface area contributed by atoms with Gasteiger partial charge in [0.15, 0.2) is 0 Å². The topological polar surface area (TPSA) is 72.6 Å². The molecule has 2 N–H and O–H groups in total. The van der Waals surface area contributed by atoms with E-state index in [1.807, 2.05) is 0 Å². The zero-order chi connectivity index (χ0) is 14.7. The van der Waals surface area contributed by atoms with E-state index in [0.717, 1.165) is 18.9 Å². The minimum Gasteiger partial charge on any atom is -0.460 e. The number of ether oxygens (including phenoxy) is 1. The van der Waals surface area contributed by atoms with Gasteiger partial charge in [0.2, 0.25) is 0 Å². The van der Waals surface area contributed by atoms with E-state index in [-0.39, 0.29) is 18.2 Å². The number of carbonyl (C=O) groups is 2. The molecule has 0 spiro atoms. The van der Waals surface area contributed by atoms with Crippen molar-refractivity contribution in [2.75, 3.05) is 13.2 Å². The first kappa shape index (κ1) is 14.8. The third kappa shape index (κ3) is 3.47. The number of hydrogen-bond donors (Lipinski definition) is 1. The van der Waals surface area contributed by atoms with Crippen LogP contribution in [0.3, 0.4) is 0 Å². The fraction of sp³-hybridized carbons (Fsp3) is 0.385. The number of carbonyl (C=O) groups excluding carboxylic acids is 2. The molecule has 2 rings (SSSR count). The SMILES string of the molecule is NC(=O)N1CCC[C@@H]1COC(=O)c1cc(F)cc(Br)c1. The Morgan fingerprint density at radius 3 is 2.85 bits per heavy atom. The van der Waals surface area contributed by atoms with Gasteiger partial charge in [-0.3, -0.25) is 0 Å². The van der Waals surface area contributed by atoms with Crippen molar-refractivity contribution in [3.8, 4) is 0 Å². The summed E-state index contributed by atoms with van der Waals surface area (Å²) in [6, 6.07) is 3.12. The van der Waals surface area contributed by atoms with Gasteiger partial charge in [-0.15, -0.1) is 0 Å². The van der Waals surface area contributed by atoms with Crippen molar-refractivity contribution in [1.29, 1.82) is 0 Å². The van der Waals surface area contributed by atoms with Crippen LogP contribution in [0.5, 0.6) is 0 Å². The fourth-order valence-corrected chi connectivity index (χ4v) is 2.69. The van der Waals surface area contributed by atoms with Gasteiger partial charge in [0, 0.05) is 11.0 Å². The molecule has 1 heterocycles. The van der Waals surface area contributed by atoms with E-state index in [2.05, 4.69) is 15.9 Å². The van der Waals surface area contributed by atoms with Crippen molar-refractivity contribution in [2.24, 2.45) is 5.73 Å². The number of esters is 1. The molecular weight excluding hydrogens is 331 g/mol. The first-order valence-electron chi connectivity index (χ1n) is 6.16. The summed E-state index contributed by atoms with van der Waals surface area (Å²) in [4.78, 5) is 24.5. The molecule has 7 heteroatoms. The normalized spacial score (nSPS) is 18.1. The van der Waals surface area contributed by atoms with Gasteiger partial charge in [0.1, 0.15) is 12.4 Å². The summed E-state index contributed by atoms with van der Waals surface area (Å²) in [5.74, 6) is -1.15. The second-order valence-corrected chi connectivity index (χ2v) is 5.50. The lowest BCUT2D eigenvalue weighted by Crippen LogP contribution is -2.41. The highest BCUT2D eigenvalue weighted by Crippen LogP contribution is 2.19. The predicted molar refractivity (Wildman–Crippen MR) is 73.7 cm³/mol. The first-order chi connectivity index (χ1) is 9.47. The van der Waals surface area contributed by atoms with E-state index in [0.29, 0.717) is 11.0 Å². The van der Waals surface area contributed by atoms with Crippen LogP contribution in [-0.4, -0.2) is 36.1 Å². The van der Waals surface area contributed by atoms with Crippen LogP contribution in [0.1, 0.15) is 23.2 Å². The van der Waals surface area contributed by atoms with Gasteiger partial charge >= 0.3 is 12.0 Å². The second kappa shape index (κ2) is 6.21. The van der Waals surface area contributed by atoms with Crippen molar-refractivity contribution in [1.82, 2.24) is 4.90 Å². The molecule has 0 unspecified atom stereocenters. The van der Waals surface area contributed by atoms with E-state index in [9.17, 15) is 14.0 Å². The van der Waals surface area contributed by atoms with Crippen LogP contribution in [0.15, 0.2) is 22.7 Å². The minimum atomic E-state index is -0.624. The number of rotatable bonds is 3. The molecule has 0 aliphatic carbocycles. The molecule has 108 valence electrons. The van der Waals surface area contributed by atoms with E-state index in [1.54, 1.807) is 0 Å². The number of likely N-dealkylation sites (tertiary alicyclic amines) is 1. The van der Waals surface area contributed by atoms with Crippen molar-refractivity contribution >= 4 is 27.9 Å². The Kier molecular flexibility index (Phi) is 4.59. The number of halogens is 2. The van der Waals surface area contributed by atoms with Crippen molar-refractivity contribution in [3.05, 3.63) is 34.1 Å². The Morgan fingerprint density at radius 1 is 1.45 bits per heavy atom. The number of primary amides is 1. The van der Waals surface area contributed by atoms with E-state index >= 15 is 0 Å². The highest BCUT2D eigenvalue weighted by Gasteiger charge is 2.28. The summed E-state index contributed by atoms with van der Waals surface area (Å²) in [6.07, 6.45) is 1.57. The molecule has 0 saturated carbocycles. The van der Waals surface area contributed by atoms with Crippen molar-refractivity contribution in [3.63, 3.8) is 0 Å². The van der Waals surface area contributed by atoms with Crippen molar-refractivity contribution in [2.45, 2.75) is 18.9 Å². The van der Waals surface area contributed by atoms with Gasteiger partial charge in [-0.2, -0.15) is 0 Å². The molecule has 1 aliphatic rings. The molecule has 1 aromatic carbocycles. The lowest BCUT2D eigenvalue weighted by Gasteiger charge is -2.22. The summed E-state index contributed by atoms with van der Waals surface area (Å²) < 4.78 is 18.8. The molecule has 1 fully saturated rings. The second-order valence-electron chi connectivity index (χ2n) is 4.58. The maximum atomic E-state index is 13.2. The summed E-state index contributed by atoms with van der Waals surface area (Å²) in [5, 5.41) is 0. The van der Waals surface area contributed by atoms with Gasteiger partial charge in [0.05, 0.1) is 11.6 Å². The average Bonchev–Trinajstić information content (AvgIpc) is 2.83. The molecule has 1 saturated heterocycles. The van der Waals surface area contributed by atoms with Gasteiger partial charge in [-0.1, -0.05) is 15.9 Å². The Balaban J connectivity index is 1.96. The lowest BCUT2D eigenvalue weighted by molar-refractivity contribution is 0.0421. The standard InChI is InChI=1S/C13H14BrFN2O3/c14-9-4-8(5-10(15)6-9)12(18)20-7-11-2-1-3-17(11)13(16)19/h4-6,11H,1-3,7H2,(H2,16,19)/t11-/m1/s1. The number of amides is 2. The molecule has 1 aliphatic heterocycles. The van der Waals surface area contributed by atoms with Crippen LogP contribution in [0.4, 0.5) is 9.18 Å². The van der Waals surface area contributed by atoms with Gasteiger partial charge in [-0.25, -0.2) is 14.0 Å². The third-order valence-corrected chi connectivity index (χ3v) is 3.62. The minimum absolute atomic E-state index is 0.0654. The van der Waals surface area contributed by atoms with Crippen LogP contribution in [0.25, 0.3) is 0 Å². The molecule has 1 aromatic rings. The van der Waals surface area contributed by atoms with Gasteiger partial charge in [-0.05, 0) is 31.0 Å². The Bertz CT molecular complexity index is 518. The van der Waals surface area contributed by atoms with Crippen LogP contribution in [-0.2, 0) is 4.74 Å². The highest BCUT2D eigenvalue weighted by molar-refractivity contribution is 9.10. The molecule has 20 heavy (non-hydrogen) atoms. The smallest absolute Gasteiger partial charge is 0.338 e. The van der Waals surface area contributed by atoms with Crippen LogP contribution in [0.2, 0.25) is 0 Å². The predicted octanol–water partition coefficient (Wildman–Crippen LogP) is 2.29. The highest BCUT2D eigenvalue weighted by atomic mass is 79.9. The summed E-state index contributed by atoms with van der Waals surface area (Å²) in [5.41, 5.74) is 5.36. The number of hydrogen-bond acceptors (Lipinski definition) is 3. The molecule has 1 atom stereocenters. The van der Waals surface area contributed by atoms with Crippen LogP contribution >= 0.6 is 15.9 Å². The quantitative estimate of drug-likeness (QED) is 0.855. The molecule has 0 aromatic heterocycles. The monoisotopic (exact) mass is 344 g/mol. The van der Waals surface area contributed by atoms with Gasteiger partial charge < -0.3 is 15.4 Å². The number of nitrogens with zero attached hydrogens (tertiary/aromatic N) is 1. The maximum absolute atomic E-state index is 13.2. The number of benzene rings is 1. The van der Waals surface area contributed by atoms with Crippen molar-refractivity contribution < 1.29 is 18.7 Å². The largest absolute Gasteiger partial charge is 0.460 e. The van der Waals surface area contributed by atoms with Crippen LogP contribution in [0, 0.1) is 5.82 Å². The average molecular weight is 345 g/mol. The molecular formula is C13H14BrFN2O3. The zero-order valence-electron chi connectivity index (χ0n) is 10.6. The Hall–Kier alpha value is -1.63. The number of urea groups is 1. The van der Waals surface area contributed by atoms with Gasteiger partial charge in [0.25, 0.3) is 0 Å². The summed E-state index contributed by atoms with van der Waals surface area (Å²) in [6.45, 7) is 0.638. The molecule has 0 radical (unpaired) electrons. The maximum Gasteiger partial charge on any atom is 0.338 e. The fourth-order valence-electron chi connectivity index (χ4n) is 2.23. The summed E-state index contributed by atoms with van der Waals surface area (Å²) >= 11 is 3.11. The Morgan fingerprint density at radius 2 is 2.20 bits per heavy atom. The zero-order valence-corrected chi connectivity index (χ0v) is 12.2. The van der Waals surface area contributed by atoms with E-state index in [1.165, 1.54) is 17.0 Å². The molecule has 2 amide bonds. The van der Waals surface area contributed by atoms with E-state index < -0.39 is 17.8 Å². The first-order valence-corrected chi connectivity index (χ1v) is 6.96. The number of nitrogens with two attached hydrogens (primary N) is 1. The molecule has 5 nitrogen and oxygen atoms in total. The van der Waals surface area contributed by atoms with E-state index in [4.69, 9.17) is 10.5 Å².